The molecule has 124 valence electrons. The van der Waals surface area contributed by atoms with E-state index in [4.69, 9.17) is 15.0 Å². The van der Waals surface area contributed by atoms with Gasteiger partial charge in [-0.2, -0.15) is 4.98 Å². The van der Waals surface area contributed by atoms with Crippen LogP contribution in [0, 0.1) is 0 Å². The Morgan fingerprint density at radius 1 is 1.39 bits per heavy atom. The van der Waals surface area contributed by atoms with E-state index in [0.717, 1.165) is 5.56 Å². The second kappa shape index (κ2) is 7.73. The van der Waals surface area contributed by atoms with Crippen LogP contribution in [0.5, 0.6) is 5.75 Å². The number of amides is 1. The van der Waals surface area contributed by atoms with Crippen LogP contribution >= 0.6 is 0 Å². The second-order valence-electron chi connectivity index (χ2n) is 5.41. The molecule has 7 nitrogen and oxygen atoms in total. The minimum atomic E-state index is -0.389. The molecule has 0 radical (unpaired) electrons. The molecule has 0 saturated carbocycles. The van der Waals surface area contributed by atoms with Crippen molar-refractivity contribution < 1.29 is 14.1 Å². The van der Waals surface area contributed by atoms with E-state index in [1.54, 1.807) is 0 Å². The summed E-state index contributed by atoms with van der Waals surface area (Å²) in [4.78, 5) is 17.4. The molecule has 1 heterocycles. The van der Waals surface area contributed by atoms with Crippen LogP contribution in [0.2, 0.25) is 0 Å². The quantitative estimate of drug-likeness (QED) is 0.798. The van der Waals surface area contributed by atoms with E-state index in [2.05, 4.69) is 10.1 Å². The molecule has 7 heteroatoms. The highest BCUT2D eigenvalue weighted by molar-refractivity contribution is 5.75. The number of aromatic nitrogens is 2. The SMILES string of the molecule is CCOc1ccccc1-c1noc(CN(CC(N)=O)C(C)C)n1. The summed E-state index contributed by atoms with van der Waals surface area (Å²) in [6.07, 6.45) is 0. The molecule has 2 N–H and O–H groups in total. The third kappa shape index (κ3) is 4.53. The largest absolute Gasteiger partial charge is 0.493 e. The van der Waals surface area contributed by atoms with Crippen molar-refractivity contribution in [2.75, 3.05) is 13.2 Å². The molecule has 1 aromatic heterocycles. The highest BCUT2D eigenvalue weighted by atomic mass is 16.5. The number of primary amides is 1. The molecule has 0 aliphatic rings. The molecule has 0 atom stereocenters. The highest BCUT2D eigenvalue weighted by Gasteiger charge is 2.18. The number of hydrogen-bond acceptors (Lipinski definition) is 6. The van der Waals surface area contributed by atoms with E-state index < -0.39 is 0 Å². The van der Waals surface area contributed by atoms with Gasteiger partial charge in [0.05, 0.1) is 25.3 Å². The summed E-state index contributed by atoms with van der Waals surface area (Å²) in [5, 5.41) is 4.01. The maximum Gasteiger partial charge on any atom is 0.241 e. The Balaban J connectivity index is 2.19. The molecule has 23 heavy (non-hydrogen) atoms. The number of nitrogens with zero attached hydrogens (tertiary/aromatic N) is 3. The van der Waals surface area contributed by atoms with Gasteiger partial charge in [-0.25, -0.2) is 0 Å². The first-order chi connectivity index (χ1) is 11.0. The predicted octanol–water partition coefficient (Wildman–Crippen LogP) is 1.83. The number of carbonyl (C=O) groups is 1. The molecule has 0 spiro atoms. The standard InChI is InChI=1S/C16H22N4O3/c1-4-22-13-8-6-5-7-12(13)16-18-15(23-19-16)10-20(11(2)3)9-14(17)21/h5-8,11H,4,9-10H2,1-3H3,(H2,17,21). The van der Waals surface area contributed by atoms with Crippen LogP contribution in [0.1, 0.15) is 26.7 Å². The molecule has 0 aliphatic carbocycles. The van der Waals surface area contributed by atoms with Gasteiger partial charge in [0.15, 0.2) is 0 Å². The van der Waals surface area contributed by atoms with E-state index in [0.29, 0.717) is 30.6 Å². The smallest absolute Gasteiger partial charge is 0.241 e. The molecule has 1 aromatic carbocycles. The number of rotatable bonds is 8. The van der Waals surface area contributed by atoms with Gasteiger partial charge < -0.3 is 15.0 Å². The van der Waals surface area contributed by atoms with Crippen LogP contribution in [-0.4, -0.2) is 40.1 Å². The highest BCUT2D eigenvalue weighted by Crippen LogP contribution is 2.27. The van der Waals surface area contributed by atoms with Crippen LogP contribution in [-0.2, 0) is 11.3 Å². The van der Waals surface area contributed by atoms with E-state index in [-0.39, 0.29) is 18.5 Å². The topological polar surface area (TPSA) is 94.5 Å². The van der Waals surface area contributed by atoms with Crippen molar-refractivity contribution in [1.29, 1.82) is 0 Å². The average molecular weight is 318 g/mol. The van der Waals surface area contributed by atoms with E-state index in [1.165, 1.54) is 0 Å². The summed E-state index contributed by atoms with van der Waals surface area (Å²) >= 11 is 0. The van der Waals surface area contributed by atoms with E-state index >= 15 is 0 Å². The third-order valence-corrected chi connectivity index (χ3v) is 3.32. The Morgan fingerprint density at radius 2 is 2.13 bits per heavy atom. The fourth-order valence-electron chi connectivity index (χ4n) is 2.16. The van der Waals surface area contributed by atoms with E-state index in [1.807, 2.05) is 49.9 Å². The Labute approximate surface area is 135 Å². The second-order valence-corrected chi connectivity index (χ2v) is 5.41. The monoisotopic (exact) mass is 318 g/mol. The first-order valence-corrected chi connectivity index (χ1v) is 7.58. The Hall–Kier alpha value is -2.41. The van der Waals surface area contributed by atoms with Crippen molar-refractivity contribution in [2.24, 2.45) is 5.73 Å². The molecule has 1 amide bonds. The molecular formula is C16H22N4O3. The number of para-hydroxylation sites is 1. The zero-order valence-electron chi connectivity index (χ0n) is 13.7. The Kier molecular flexibility index (Phi) is 5.70. The fraction of sp³-hybridized carbons (Fsp3) is 0.438. The number of carbonyl (C=O) groups excluding carboxylic acids is 1. The lowest BCUT2D eigenvalue weighted by Gasteiger charge is -2.22. The molecule has 0 unspecified atom stereocenters. The summed E-state index contributed by atoms with van der Waals surface area (Å²) in [6.45, 7) is 6.94. The first kappa shape index (κ1) is 17.0. The molecule has 0 saturated heterocycles. The minimum absolute atomic E-state index is 0.133. The van der Waals surface area contributed by atoms with Crippen molar-refractivity contribution in [3.63, 3.8) is 0 Å². The zero-order valence-corrected chi connectivity index (χ0v) is 13.7. The van der Waals surface area contributed by atoms with Gasteiger partial charge in [-0.1, -0.05) is 17.3 Å². The van der Waals surface area contributed by atoms with Crippen LogP contribution in [0.25, 0.3) is 11.4 Å². The summed E-state index contributed by atoms with van der Waals surface area (Å²) in [5.41, 5.74) is 6.04. The van der Waals surface area contributed by atoms with Gasteiger partial charge in [0, 0.05) is 6.04 Å². The van der Waals surface area contributed by atoms with Crippen LogP contribution < -0.4 is 10.5 Å². The summed E-state index contributed by atoms with van der Waals surface area (Å²) in [5.74, 6) is 1.22. The van der Waals surface area contributed by atoms with Gasteiger partial charge in [0.25, 0.3) is 0 Å². The maximum absolute atomic E-state index is 11.1. The predicted molar refractivity (Wildman–Crippen MR) is 85.6 cm³/mol. The minimum Gasteiger partial charge on any atom is -0.493 e. The van der Waals surface area contributed by atoms with Crippen LogP contribution in [0.4, 0.5) is 0 Å². The average Bonchev–Trinajstić information content (AvgIpc) is 2.95. The molecule has 2 rings (SSSR count). The van der Waals surface area contributed by atoms with Crippen LogP contribution in [0.3, 0.4) is 0 Å². The van der Waals surface area contributed by atoms with Gasteiger partial charge in [0.1, 0.15) is 5.75 Å². The Bertz CT molecular complexity index is 654. The molecule has 2 aromatic rings. The number of benzene rings is 1. The van der Waals surface area contributed by atoms with Crippen molar-refractivity contribution in [2.45, 2.75) is 33.4 Å². The van der Waals surface area contributed by atoms with Crippen molar-refractivity contribution in [3.8, 4) is 17.1 Å². The molecule has 0 aliphatic heterocycles. The molecular weight excluding hydrogens is 296 g/mol. The van der Waals surface area contributed by atoms with E-state index in [9.17, 15) is 4.79 Å². The van der Waals surface area contributed by atoms with Crippen molar-refractivity contribution in [1.82, 2.24) is 15.0 Å². The lowest BCUT2D eigenvalue weighted by Crippen LogP contribution is -2.38. The van der Waals surface area contributed by atoms with Crippen LogP contribution in [0.15, 0.2) is 28.8 Å². The first-order valence-electron chi connectivity index (χ1n) is 7.58. The number of hydrogen-bond donors (Lipinski definition) is 1. The Morgan fingerprint density at radius 3 is 2.78 bits per heavy atom. The van der Waals surface area contributed by atoms with Gasteiger partial charge in [-0.15, -0.1) is 0 Å². The molecule has 0 bridgehead atoms. The normalized spacial score (nSPS) is 11.2. The third-order valence-electron chi connectivity index (χ3n) is 3.32. The van der Waals surface area contributed by atoms with Gasteiger partial charge >= 0.3 is 0 Å². The number of nitrogens with two attached hydrogens (primary N) is 1. The van der Waals surface area contributed by atoms with Gasteiger partial charge in [0.2, 0.25) is 17.6 Å². The maximum atomic E-state index is 11.1. The van der Waals surface area contributed by atoms with Crippen molar-refractivity contribution in [3.05, 3.63) is 30.2 Å². The van der Waals surface area contributed by atoms with Gasteiger partial charge in [-0.05, 0) is 32.9 Å². The fourth-order valence-corrected chi connectivity index (χ4v) is 2.16. The summed E-state index contributed by atoms with van der Waals surface area (Å²) in [7, 11) is 0. The number of ether oxygens (including phenoxy) is 1. The lowest BCUT2D eigenvalue weighted by atomic mass is 10.2. The molecule has 0 fully saturated rings. The zero-order chi connectivity index (χ0) is 16.8. The van der Waals surface area contributed by atoms with Crippen molar-refractivity contribution >= 4 is 5.91 Å². The summed E-state index contributed by atoms with van der Waals surface area (Å²) < 4.78 is 10.9. The van der Waals surface area contributed by atoms with Gasteiger partial charge in [-0.3, -0.25) is 9.69 Å². The lowest BCUT2D eigenvalue weighted by molar-refractivity contribution is -0.119. The summed E-state index contributed by atoms with van der Waals surface area (Å²) in [6, 6.07) is 7.66.